The van der Waals surface area contributed by atoms with E-state index < -0.39 is 0 Å². The van der Waals surface area contributed by atoms with Gasteiger partial charge in [0.15, 0.2) is 0 Å². The maximum absolute atomic E-state index is 12.3. The molecule has 0 atom stereocenters. The number of hydrogen-bond donors (Lipinski definition) is 2. The second kappa shape index (κ2) is 21.7. The number of rotatable bonds is 23. The first-order valence-electron chi connectivity index (χ1n) is 16.9. The molecule has 0 radical (unpaired) electrons. The lowest BCUT2D eigenvalue weighted by Gasteiger charge is -2.24. The molecule has 3 aromatic carbocycles. The lowest BCUT2D eigenvalue weighted by Crippen LogP contribution is -2.28. The van der Waals surface area contributed by atoms with E-state index in [1.165, 1.54) is 19.3 Å². The fourth-order valence-corrected chi connectivity index (χ4v) is 5.01. The molecule has 4 N–H and O–H groups in total. The number of unbranched alkanes of at least 4 members (excludes halogenated alkanes) is 7. The predicted octanol–water partition coefficient (Wildman–Crippen LogP) is 8.17. The van der Waals surface area contributed by atoms with E-state index in [2.05, 4.69) is 20.0 Å². The van der Waals surface area contributed by atoms with Crippen molar-refractivity contribution in [1.29, 1.82) is 0 Å². The third-order valence-electron chi connectivity index (χ3n) is 7.73. The highest BCUT2D eigenvalue weighted by atomic mass is 16.5. The van der Waals surface area contributed by atoms with Crippen LogP contribution in [0.2, 0.25) is 0 Å². The zero-order chi connectivity index (χ0) is 32.8. The summed E-state index contributed by atoms with van der Waals surface area (Å²) < 4.78 is 11.4. The molecule has 46 heavy (non-hydrogen) atoms. The molecule has 9 heteroatoms. The molecule has 0 aliphatic heterocycles. The summed E-state index contributed by atoms with van der Waals surface area (Å²) in [6.45, 7) is 3.81. The summed E-state index contributed by atoms with van der Waals surface area (Å²) in [5, 5.41) is 8.64. The van der Waals surface area contributed by atoms with E-state index in [1.807, 2.05) is 86.9 Å². The molecule has 0 unspecified atom stereocenters. The number of anilines is 2. The number of carbonyl (C=O) groups is 1. The molecule has 0 saturated heterocycles. The molecule has 0 aliphatic carbocycles. The van der Waals surface area contributed by atoms with Crippen molar-refractivity contribution in [2.24, 2.45) is 21.7 Å². The van der Waals surface area contributed by atoms with Crippen molar-refractivity contribution in [3.05, 3.63) is 72.8 Å². The van der Waals surface area contributed by atoms with Crippen molar-refractivity contribution in [2.75, 3.05) is 56.7 Å². The summed E-state index contributed by atoms with van der Waals surface area (Å²) in [5.41, 5.74) is 15.2. The fourth-order valence-electron chi connectivity index (χ4n) is 5.01. The van der Waals surface area contributed by atoms with E-state index in [1.54, 1.807) is 0 Å². The average molecular weight is 631 g/mol. The van der Waals surface area contributed by atoms with E-state index in [9.17, 15) is 4.79 Å². The number of hydrogen-bond acceptors (Lipinski definition) is 9. The van der Waals surface area contributed by atoms with Gasteiger partial charge in [0, 0.05) is 45.0 Å². The standard InChI is InChI=1S/C37H54N6O3/c1-42(2)33-18-14-31(15-19-33)40-41-32-16-22-35(23-17-32)45-30-10-8-6-4-3-5-7-9-13-37(44)46-36-24-20-34(21-25-36)43(28-11-26-38)29-12-27-39/h14-25H,3-13,26-30,38-39H2,1-2H3. The summed E-state index contributed by atoms with van der Waals surface area (Å²) >= 11 is 0. The average Bonchev–Trinajstić information content (AvgIpc) is 3.07. The highest BCUT2D eigenvalue weighted by Gasteiger charge is 2.09. The number of esters is 1. The summed E-state index contributed by atoms with van der Waals surface area (Å²) in [7, 11) is 4.03. The van der Waals surface area contributed by atoms with Gasteiger partial charge >= 0.3 is 5.97 Å². The zero-order valence-corrected chi connectivity index (χ0v) is 27.9. The summed E-state index contributed by atoms with van der Waals surface area (Å²) in [6.07, 6.45) is 11.2. The molecule has 3 rings (SSSR count). The minimum Gasteiger partial charge on any atom is -0.494 e. The second-order valence-corrected chi connectivity index (χ2v) is 11.8. The van der Waals surface area contributed by atoms with Gasteiger partial charge in [-0.25, -0.2) is 0 Å². The molecular formula is C37H54N6O3. The molecule has 0 amide bonds. The molecule has 0 saturated carbocycles. The van der Waals surface area contributed by atoms with Crippen molar-refractivity contribution >= 4 is 28.7 Å². The van der Waals surface area contributed by atoms with Gasteiger partial charge in [0.25, 0.3) is 0 Å². The Kier molecular flexibility index (Phi) is 17.2. The maximum Gasteiger partial charge on any atom is 0.311 e. The van der Waals surface area contributed by atoms with Gasteiger partial charge in [-0.1, -0.05) is 38.5 Å². The Morgan fingerprint density at radius 2 is 1.09 bits per heavy atom. The van der Waals surface area contributed by atoms with Gasteiger partial charge in [0.2, 0.25) is 0 Å². The van der Waals surface area contributed by atoms with Gasteiger partial charge in [-0.3, -0.25) is 4.79 Å². The van der Waals surface area contributed by atoms with E-state index in [0.29, 0.717) is 31.9 Å². The van der Waals surface area contributed by atoms with Crippen LogP contribution in [0, 0.1) is 0 Å². The number of benzene rings is 3. The third-order valence-corrected chi connectivity index (χ3v) is 7.73. The van der Waals surface area contributed by atoms with Gasteiger partial charge in [-0.2, -0.15) is 10.2 Å². The van der Waals surface area contributed by atoms with Gasteiger partial charge < -0.3 is 30.7 Å². The van der Waals surface area contributed by atoms with Gasteiger partial charge in [0.1, 0.15) is 11.5 Å². The van der Waals surface area contributed by atoms with Crippen LogP contribution in [0.15, 0.2) is 83.0 Å². The minimum atomic E-state index is -0.166. The number of carbonyl (C=O) groups excluding carboxylic acids is 1. The Bertz CT molecular complexity index is 1260. The van der Waals surface area contributed by atoms with Gasteiger partial charge in [0.05, 0.1) is 18.0 Å². The topological polar surface area (TPSA) is 119 Å². The molecule has 0 bridgehead atoms. The smallest absolute Gasteiger partial charge is 0.311 e. The predicted molar refractivity (Wildman–Crippen MR) is 190 cm³/mol. The highest BCUT2D eigenvalue weighted by Crippen LogP contribution is 2.24. The summed E-state index contributed by atoms with van der Waals surface area (Å²) in [6, 6.07) is 23.5. The molecular weight excluding hydrogens is 576 g/mol. The lowest BCUT2D eigenvalue weighted by molar-refractivity contribution is -0.134. The normalized spacial score (nSPS) is 11.1. The Morgan fingerprint density at radius 1 is 0.609 bits per heavy atom. The number of nitrogens with two attached hydrogens (primary N) is 2. The van der Waals surface area contributed by atoms with E-state index in [4.69, 9.17) is 20.9 Å². The van der Waals surface area contributed by atoms with Gasteiger partial charge in [-0.15, -0.1) is 0 Å². The Balaban J connectivity index is 1.18. The lowest BCUT2D eigenvalue weighted by atomic mass is 10.1. The molecule has 0 aliphatic rings. The monoisotopic (exact) mass is 630 g/mol. The van der Waals surface area contributed by atoms with E-state index in [-0.39, 0.29) is 5.97 Å². The van der Waals surface area contributed by atoms with Crippen molar-refractivity contribution in [1.82, 2.24) is 0 Å². The highest BCUT2D eigenvalue weighted by molar-refractivity contribution is 5.72. The molecule has 0 heterocycles. The van der Waals surface area contributed by atoms with E-state index in [0.717, 1.165) is 86.5 Å². The zero-order valence-electron chi connectivity index (χ0n) is 27.9. The Hall–Kier alpha value is -3.95. The number of nitrogens with zero attached hydrogens (tertiary/aromatic N) is 4. The van der Waals surface area contributed by atoms with Crippen LogP contribution in [0.3, 0.4) is 0 Å². The van der Waals surface area contributed by atoms with Crippen molar-refractivity contribution in [2.45, 2.75) is 70.6 Å². The summed E-state index contributed by atoms with van der Waals surface area (Å²) in [5.74, 6) is 1.28. The summed E-state index contributed by atoms with van der Waals surface area (Å²) in [4.78, 5) is 16.6. The van der Waals surface area contributed by atoms with Gasteiger partial charge in [-0.05, 0) is 112 Å². The number of azo groups is 1. The largest absolute Gasteiger partial charge is 0.494 e. The molecule has 0 fully saturated rings. The van der Waals surface area contributed by atoms with Crippen molar-refractivity contribution in [3.63, 3.8) is 0 Å². The van der Waals surface area contributed by atoms with Crippen LogP contribution in [-0.2, 0) is 4.79 Å². The third kappa shape index (κ3) is 14.4. The van der Waals surface area contributed by atoms with Crippen LogP contribution in [0.25, 0.3) is 0 Å². The van der Waals surface area contributed by atoms with Crippen LogP contribution in [0.5, 0.6) is 11.5 Å². The molecule has 0 aromatic heterocycles. The Morgan fingerprint density at radius 3 is 1.63 bits per heavy atom. The SMILES string of the molecule is CN(C)c1ccc(N=Nc2ccc(OCCCCCCCCCCC(=O)Oc3ccc(N(CCCN)CCCN)cc3)cc2)cc1. The van der Waals surface area contributed by atoms with E-state index >= 15 is 0 Å². The maximum atomic E-state index is 12.3. The first-order chi connectivity index (χ1) is 22.5. The van der Waals surface area contributed by atoms with Crippen LogP contribution in [-0.4, -0.2) is 52.9 Å². The van der Waals surface area contributed by atoms with Crippen LogP contribution in [0.1, 0.15) is 70.6 Å². The molecule has 9 nitrogen and oxygen atoms in total. The first kappa shape index (κ1) is 36.5. The first-order valence-corrected chi connectivity index (χ1v) is 16.9. The van der Waals surface area contributed by atoms with Crippen LogP contribution >= 0.6 is 0 Å². The molecule has 250 valence electrons. The second-order valence-electron chi connectivity index (χ2n) is 11.8. The number of ether oxygens (including phenoxy) is 2. The quantitative estimate of drug-likeness (QED) is 0.0469. The molecule has 3 aromatic rings. The van der Waals surface area contributed by atoms with Crippen molar-refractivity contribution < 1.29 is 14.3 Å². The molecule has 0 spiro atoms. The van der Waals surface area contributed by atoms with Crippen molar-refractivity contribution in [3.8, 4) is 11.5 Å². The fraction of sp³-hybridized carbons (Fsp3) is 0.486. The van der Waals surface area contributed by atoms with Crippen LogP contribution < -0.4 is 30.7 Å². The Labute approximate surface area is 276 Å². The van der Waals surface area contributed by atoms with Crippen LogP contribution in [0.4, 0.5) is 22.7 Å². The minimum absolute atomic E-state index is 0.166.